The Morgan fingerprint density at radius 3 is 2.73 bits per heavy atom. The molecule has 4 N–H and O–H groups in total. The van der Waals surface area contributed by atoms with E-state index in [1.165, 1.54) is 0 Å². The molecule has 4 heteroatoms. The largest absolute Gasteiger partial charge is 0.381 e. The van der Waals surface area contributed by atoms with Crippen LogP contribution in [0.5, 0.6) is 0 Å². The van der Waals surface area contributed by atoms with Crippen LogP contribution in [-0.4, -0.2) is 25.2 Å². The number of primary amides is 1. The number of hydrogen-bond acceptors (Lipinski definition) is 2. The first-order chi connectivity index (χ1) is 7.20. The first-order valence-corrected chi connectivity index (χ1v) is 5.26. The van der Waals surface area contributed by atoms with Gasteiger partial charge in [-0.2, -0.15) is 0 Å². The van der Waals surface area contributed by atoms with Gasteiger partial charge in [-0.05, 0) is 19.1 Å². The highest BCUT2D eigenvalue weighted by atomic mass is 16.5. The van der Waals surface area contributed by atoms with E-state index in [0.717, 1.165) is 26.1 Å². The molecule has 1 aliphatic heterocycles. The summed E-state index contributed by atoms with van der Waals surface area (Å²) in [6.07, 6.45) is 7.74. The van der Waals surface area contributed by atoms with E-state index in [2.05, 4.69) is 5.32 Å². The predicted molar refractivity (Wildman–Crippen MR) is 57.9 cm³/mol. The van der Waals surface area contributed by atoms with E-state index < -0.39 is 0 Å². The number of ether oxygens (including phenoxy) is 1. The van der Waals surface area contributed by atoms with E-state index >= 15 is 0 Å². The van der Waals surface area contributed by atoms with E-state index in [0.29, 0.717) is 11.6 Å². The van der Waals surface area contributed by atoms with Crippen molar-refractivity contribution in [1.82, 2.24) is 0 Å². The lowest BCUT2D eigenvalue weighted by atomic mass is 10.1. The molecule has 0 aromatic carbocycles. The molecule has 1 fully saturated rings. The molecule has 0 aromatic heterocycles. The summed E-state index contributed by atoms with van der Waals surface area (Å²) >= 11 is 0. The zero-order valence-corrected chi connectivity index (χ0v) is 9.11. The molecule has 0 aliphatic carbocycles. The van der Waals surface area contributed by atoms with Gasteiger partial charge in [0.2, 0.25) is 5.91 Å². The Morgan fingerprint density at radius 2 is 2.13 bits per heavy atom. The SMILES string of the molecule is C/C(=C\C=C/[NH2+]C1CCOCC1)C(N)=O. The van der Waals surface area contributed by atoms with Crippen LogP contribution >= 0.6 is 0 Å². The van der Waals surface area contributed by atoms with Crippen LogP contribution in [0.3, 0.4) is 0 Å². The second-order valence-electron chi connectivity index (χ2n) is 3.74. The maximum Gasteiger partial charge on any atom is 0.244 e. The summed E-state index contributed by atoms with van der Waals surface area (Å²) in [4.78, 5) is 10.7. The lowest BCUT2D eigenvalue weighted by molar-refractivity contribution is -0.631. The van der Waals surface area contributed by atoms with Gasteiger partial charge in [0.15, 0.2) is 0 Å². The zero-order chi connectivity index (χ0) is 11.1. The molecule has 1 amide bonds. The number of carbonyl (C=O) groups is 1. The Labute approximate surface area is 90.2 Å². The molecule has 0 atom stereocenters. The monoisotopic (exact) mass is 211 g/mol. The molecule has 1 heterocycles. The Bertz CT molecular complexity index is 266. The second-order valence-corrected chi connectivity index (χ2v) is 3.74. The number of hydrogen-bond donors (Lipinski definition) is 2. The van der Waals surface area contributed by atoms with Gasteiger partial charge in [0.05, 0.1) is 25.5 Å². The summed E-state index contributed by atoms with van der Waals surface area (Å²) in [5, 5.41) is 2.16. The lowest BCUT2D eigenvalue weighted by Gasteiger charge is -2.18. The van der Waals surface area contributed by atoms with Crippen molar-refractivity contribution in [1.29, 1.82) is 0 Å². The molecule has 0 saturated carbocycles. The van der Waals surface area contributed by atoms with Gasteiger partial charge in [-0.25, -0.2) is 0 Å². The van der Waals surface area contributed by atoms with Crippen LogP contribution in [0.15, 0.2) is 23.9 Å². The molecule has 1 rings (SSSR count). The predicted octanol–water partition coefficient (Wildman–Crippen LogP) is -0.326. The molecule has 0 spiro atoms. The average molecular weight is 211 g/mol. The van der Waals surface area contributed by atoms with Crippen LogP contribution in [0.1, 0.15) is 19.8 Å². The molecule has 1 aliphatic rings. The van der Waals surface area contributed by atoms with Crippen molar-refractivity contribution < 1.29 is 14.8 Å². The highest BCUT2D eigenvalue weighted by Crippen LogP contribution is 2.01. The highest BCUT2D eigenvalue weighted by Gasteiger charge is 2.14. The third-order valence-corrected chi connectivity index (χ3v) is 2.50. The van der Waals surface area contributed by atoms with Crippen molar-refractivity contribution in [3.05, 3.63) is 23.9 Å². The van der Waals surface area contributed by atoms with Gasteiger partial charge in [-0.3, -0.25) is 4.79 Å². The van der Waals surface area contributed by atoms with Gasteiger partial charge >= 0.3 is 0 Å². The van der Waals surface area contributed by atoms with Crippen LogP contribution in [0.2, 0.25) is 0 Å². The quantitative estimate of drug-likeness (QED) is 0.494. The van der Waals surface area contributed by atoms with E-state index in [1.807, 2.05) is 12.3 Å². The fraction of sp³-hybridized carbons (Fsp3) is 0.545. The van der Waals surface area contributed by atoms with E-state index in [4.69, 9.17) is 10.5 Å². The average Bonchev–Trinajstić information content (AvgIpc) is 2.25. The number of allylic oxidation sites excluding steroid dienone is 2. The molecule has 0 radical (unpaired) electrons. The zero-order valence-electron chi connectivity index (χ0n) is 9.11. The fourth-order valence-electron chi connectivity index (χ4n) is 1.41. The minimum atomic E-state index is -0.370. The smallest absolute Gasteiger partial charge is 0.244 e. The lowest BCUT2D eigenvalue weighted by Crippen LogP contribution is -2.85. The van der Waals surface area contributed by atoms with Gasteiger partial charge < -0.3 is 15.8 Å². The Balaban J connectivity index is 2.26. The van der Waals surface area contributed by atoms with Crippen LogP contribution < -0.4 is 11.1 Å². The van der Waals surface area contributed by atoms with Crippen molar-refractivity contribution in [2.24, 2.45) is 5.73 Å². The normalized spacial score (nSPS) is 19.7. The number of nitrogens with two attached hydrogens (primary N) is 2. The highest BCUT2D eigenvalue weighted by molar-refractivity contribution is 5.91. The maximum absolute atomic E-state index is 10.7. The topological polar surface area (TPSA) is 68.9 Å². The summed E-state index contributed by atoms with van der Waals surface area (Å²) in [7, 11) is 0. The van der Waals surface area contributed by atoms with E-state index in [9.17, 15) is 4.79 Å². The molecule has 0 bridgehead atoms. The Kier molecular flexibility index (Phi) is 5.07. The Hall–Kier alpha value is -1.13. The van der Waals surface area contributed by atoms with Crippen LogP contribution in [0.4, 0.5) is 0 Å². The summed E-state index contributed by atoms with van der Waals surface area (Å²) < 4.78 is 5.26. The molecular formula is C11H19N2O2+. The van der Waals surface area contributed by atoms with Crippen molar-refractivity contribution in [2.75, 3.05) is 13.2 Å². The van der Waals surface area contributed by atoms with E-state index in [-0.39, 0.29) is 5.91 Å². The minimum Gasteiger partial charge on any atom is -0.381 e. The number of amides is 1. The minimum absolute atomic E-state index is 0.370. The standard InChI is InChI=1S/C11H18N2O2/c1-9(11(12)14)3-2-6-13-10-4-7-15-8-5-10/h2-3,6,10,13H,4-5,7-8H2,1H3,(H2,12,14)/p+1/b6-2-,9-3+. The van der Waals surface area contributed by atoms with Gasteiger partial charge in [-0.15, -0.1) is 0 Å². The first-order valence-electron chi connectivity index (χ1n) is 5.26. The molecule has 15 heavy (non-hydrogen) atoms. The van der Waals surface area contributed by atoms with Gasteiger partial charge in [0, 0.05) is 18.4 Å². The second kappa shape index (κ2) is 6.37. The van der Waals surface area contributed by atoms with Gasteiger partial charge in [-0.1, -0.05) is 0 Å². The van der Waals surface area contributed by atoms with Gasteiger partial charge in [0.1, 0.15) is 0 Å². The molecular weight excluding hydrogens is 192 g/mol. The van der Waals surface area contributed by atoms with Crippen molar-refractivity contribution in [3.8, 4) is 0 Å². The van der Waals surface area contributed by atoms with Crippen LogP contribution in [0, 0.1) is 0 Å². The maximum atomic E-state index is 10.7. The number of quaternary nitrogens is 1. The van der Waals surface area contributed by atoms with E-state index in [1.54, 1.807) is 13.0 Å². The van der Waals surface area contributed by atoms with Crippen molar-refractivity contribution in [2.45, 2.75) is 25.8 Å². The van der Waals surface area contributed by atoms with Crippen LogP contribution in [0.25, 0.3) is 0 Å². The summed E-state index contributed by atoms with van der Waals surface area (Å²) in [6.45, 7) is 3.41. The van der Waals surface area contributed by atoms with Gasteiger partial charge in [0.25, 0.3) is 0 Å². The third kappa shape index (κ3) is 4.76. The first kappa shape index (κ1) is 11.9. The van der Waals surface area contributed by atoms with Crippen molar-refractivity contribution >= 4 is 5.91 Å². The fourth-order valence-corrected chi connectivity index (χ4v) is 1.41. The summed E-state index contributed by atoms with van der Waals surface area (Å²) in [6, 6.07) is 0.609. The molecule has 0 unspecified atom stereocenters. The molecule has 84 valence electrons. The Morgan fingerprint density at radius 1 is 1.47 bits per heavy atom. The molecule has 0 aromatic rings. The third-order valence-electron chi connectivity index (χ3n) is 2.50. The molecule has 1 saturated heterocycles. The van der Waals surface area contributed by atoms with Crippen molar-refractivity contribution in [3.63, 3.8) is 0 Å². The number of rotatable bonds is 4. The summed E-state index contributed by atoms with van der Waals surface area (Å²) in [5.41, 5.74) is 5.67. The number of carbonyl (C=O) groups excluding carboxylic acids is 1. The van der Waals surface area contributed by atoms with Crippen LogP contribution in [-0.2, 0) is 9.53 Å². The molecule has 4 nitrogen and oxygen atoms in total. The summed E-state index contributed by atoms with van der Waals surface area (Å²) in [5.74, 6) is -0.370.